The molecule has 0 spiro atoms. The van der Waals surface area contributed by atoms with E-state index in [1.54, 1.807) is 4.90 Å². The Morgan fingerprint density at radius 1 is 1.04 bits per heavy atom. The summed E-state index contributed by atoms with van der Waals surface area (Å²) < 4.78 is 26.4. The van der Waals surface area contributed by atoms with Crippen LogP contribution in [0.15, 0.2) is 47.3 Å². The van der Waals surface area contributed by atoms with Gasteiger partial charge in [-0.3, -0.25) is 4.79 Å². The number of benzene rings is 2. The fourth-order valence-corrected chi connectivity index (χ4v) is 3.91. The molecule has 1 saturated heterocycles. The zero-order valence-electron chi connectivity index (χ0n) is 13.5. The molecule has 0 atom stereocenters. The second kappa shape index (κ2) is 4.91. The number of halogens is 2. The predicted octanol–water partition coefficient (Wildman–Crippen LogP) is 3.75. The minimum atomic E-state index is -2.60. The molecule has 2 heterocycles. The highest BCUT2D eigenvalue weighted by molar-refractivity contribution is 5.85. The van der Waals surface area contributed by atoms with E-state index < -0.39 is 5.92 Å². The minimum absolute atomic E-state index is 0.0656. The molecule has 0 bridgehead atoms. The number of para-hydroxylation sites is 1. The predicted molar refractivity (Wildman–Crippen MR) is 94.6 cm³/mol. The Hall–Kier alpha value is -2.69. The summed E-state index contributed by atoms with van der Waals surface area (Å²) in [5.74, 6) is -2.60. The van der Waals surface area contributed by atoms with E-state index in [2.05, 4.69) is 4.98 Å². The number of aromatic amines is 1. The summed E-state index contributed by atoms with van der Waals surface area (Å²) in [5.41, 5.74) is 5.38. The standard InChI is InChI=1S/C20H16F2N2O/c21-20(22)10-24(11-20)13-7-5-12-6-8-15-18(16(12)9-13)23-17-4-2-1-3-14(17)19(15)25/h1-5,7,9H,6,8,10-11H2,(H,23,25). The molecule has 1 aromatic heterocycles. The first kappa shape index (κ1) is 14.6. The van der Waals surface area contributed by atoms with Crippen molar-refractivity contribution in [2.24, 2.45) is 0 Å². The lowest BCUT2D eigenvalue weighted by molar-refractivity contribution is -0.0262. The third-order valence-electron chi connectivity index (χ3n) is 5.22. The van der Waals surface area contributed by atoms with Crippen molar-refractivity contribution in [2.75, 3.05) is 18.0 Å². The van der Waals surface area contributed by atoms with Crippen LogP contribution in [-0.2, 0) is 12.8 Å². The van der Waals surface area contributed by atoms with Gasteiger partial charge in [-0.25, -0.2) is 8.78 Å². The minimum Gasteiger partial charge on any atom is -0.359 e. The fourth-order valence-electron chi connectivity index (χ4n) is 3.91. The number of alkyl halides is 2. The van der Waals surface area contributed by atoms with Gasteiger partial charge >= 0.3 is 0 Å². The molecule has 0 unspecified atom stereocenters. The third kappa shape index (κ3) is 2.18. The van der Waals surface area contributed by atoms with Crippen LogP contribution in [0.3, 0.4) is 0 Å². The number of aryl methyl sites for hydroxylation is 1. The average molecular weight is 338 g/mol. The van der Waals surface area contributed by atoms with Gasteiger partial charge in [-0.2, -0.15) is 0 Å². The van der Waals surface area contributed by atoms with E-state index >= 15 is 0 Å². The highest BCUT2D eigenvalue weighted by Gasteiger charge is 2.44. The molecular formula is C20H16F2N2O. The molecule has 1 N–H and O–H groups in total. The van der Waals surface area contributed by atoms with Gasteiger partial charge < -0.3 is 9.88 Å². The quantitative estimate of drug-likeness (QED) is 0.734. The number of rotatable bonds is 1. The van der Waals surface area contributed by atoms with Crippen LogP contribution in [0.5, 0.6) is 0 Å². The van der Waals surface area contributed by atoms with Gasteiger partial charge in [-0.05, 0) is 42.7 Å². The number of pyridine rings is 1. The van der Waals surface area contributed by atoms with Gasteiger partial charge in [-0.1, -0.05) is 18.2 Å². The van der Waals surface area contributed by atoms with Gasteiger partial charge in [0.2, 0.25) is 0 Å². The molecule has 5 heteroatoms. The van der Waals surface area contributed by atoms with Gasteiger partial charge in [0.15, 0.2) is 5.43 Å². The Morgan fingerprint density at radius 3 is 2.64 bits per heavy atom. The van der Waals surface area contributed by atoms with E-state index in [0.29, 0.717) is 11.8 Å². The van der Waals surface area contributed by atoms with Crippen molar-refractivity contribution in [3.8, 4) is 11.3 Å². The molecule has 126 valence electrons. The maximum atomic E-state index is 13.2. The maximum Gasteiger partial charge on any atom is 0.282 e. The molecular weight excluding hydrogens is 322 g/mol. The Bertz CT molecular complexity index is 1060. The molecule has 25 heavy (non-hydrogen) atoms. The van der Waals surface area contributed by atoms with E-state index in [1.807, 2.05) is 42.5 Å². The molecule has 0 saturated carbocycles. The van der Waals surface area contributed by atoms with E-state index in [9.17, 15) is 13.6 Å². The van der Waals surface area contributed by atoms with E-state index in [4.69, 9.17) is 0 Å². The smallest absolute Gasteiger partial charge is 0.282 e. The number of hydrogen-bond donors (Lipinski definition) is 1. The van der Waals surface area contributed by atoms with Gasteiger partial charge in [0.1, 0.15) is 0 Å². The van der Waals surface area contributed by atoms with Crippen LogP contribution in [0.4, 0.5) is 14.5 Å². The van der Waals surface area contributed by atoms with Crippen LogP contribution in [0.25, 0.3) is 22.2 Å². The summed E-state index contributed by atoms with van der Waals surface area (Å²) in [7, 11) is 0. The van der Waals surface area contributed by atoms with Crippen molar-refractivity contribution in [3.63, 3.8) is 0 Å². The lowest BCUT2D eigenvalue weighted by Gasteiger charge is -2.40. The van der Waals surface area contributed by atoms with Gasteiger partial charge in [-0.15, -0.1) is 0 Å². The third-order valence-corrected chi connectivity index (χ3v) is 5.22. The molecule has 1 aliphatic heterocycles. The van der Waals surface area contributed by atoms with Crippen LogP contribution in [-0.4, -0.2) is 24.0 Å². The second-order valence-corrected chi connectivity index (χ2v) is 6.91. The molecule has 2 aromatic carbocycles. The molecule has 0 amide bonds. The second-order valence-electron chi connectivity index (χ2n) is 6.91. The first-order valence-electron chi connectivity index (χ1n) is 8.42. The molecule has 0 radical (unpaired) electrons. The van der Waals surface area contributed by atoms with Crippen LogP contribution < -0.4 is 10.3 Å². The van der Waals surface area contributed by atoms with Crippen molar-refractivity contribution in [1.29, 1.82) is 0 Å². The Morgan fingerprint density at radius 2 is 1.84 bits per heavy atom. The highest BCUT2D eigenvalue weighted by atomic mass is 19.3. The van der Waals surface area contributed by atoms with Crippen LogP contribution >= 0.6 is 0 Å². The van der Waals surface area contributed by atoms with Crippen molar-refractivity contribution >= 4 is 16.6 Å². The molecule has 1 fully saturated rings. The maximum absolute atomic E-state index is 13.2. The molecule has 3 aromatic rings. The summed E-state index contributed by atoms with van der Waals surface area (Å²) in [6, 6.07) is 13.3. The van der Waals surface area contributed by atoms with Gasteiger partial charge in [0, 0.05) is 27.7 Å². The number of anilines is 1. The number of nitrogens with one attached hydrogen (secondary N) is 1. The summed E-state index contributed by atoms with van der Waals surface area (Å²) in [6.45, 7) is -0.486. The lowest BCUT2D eigenvalue weighted by atomic mass is 9.87. The number of nitrogens with zero attached hydrogens (tertiary/aromatic N) is 1. The Balaban J connectivity index is 1.68. The van der Waals surface area contributed by atoms with E-state index in [-0.39, 0.29) is 18.5 Å². The fraction of sp³-hybridized carbons (Fsp3) is 0.250. The first-order chi connectivity index (χ1) is 12.0. The SMILES string of the molecule is O=c1c2c([nH]c3ccccc13)-c1cc(N3CC(F)(F)C3)ccc1CC2. The number of H-pyrrole nitrogens is 1. The normalized spacial score (nSPS) is 17.8. The van der Waals surface area contributed by atoms with Crippen molar-refractivity contribution in [2.45, 2.75) is 18.8 Å². The zero-order valence-corrected chi connectivity index (χ0v) is 13.5. The highest BCUT2D eigenvalue weighted by Crippen LogP contribution is 2.38. The van der Waals surface area contributed by atoms with Crippen molar-refractivity contribution in [1.82, 2.24) is 4.98 Å². The Labute approximate surface area is 142 Å². The van der Waals surface area contributed by atoms with Gasteiger partial charge in [0.05, 0.1) is 18.8 Å². The lowest BCUT2D eigenvalue weighted by Crippen LogP contribution is -2.56. The topological polar surface area (TPSA) is 36.1 Å². The molecule has 3 nitrogen and oxygen atoms in total. The molecule has 1 aliphatic carbocycles. The van der Waals surface area contributed by atoms with Crippen LogP contribution in [0.2, 0.25) is 0 Å². The summed E-state index contributed by atoms with van der Waals surface area (Å²) in [5, 5.41) is 0.697. The summed E-state index contributed by atoms with van der Waals surface area (Å²) in [4.78, 5) is 17.9. The van der Waals surface area contributed by atoms with Crippen molar-refractivity contribution in [3.05, 3.63) is 63.8 Å². The van der Waals surface area contributed by atoms with Crippen LogP contribution in [0.1, 0.15) is 11.1 Å². The average Bonchev–Trinajstić information content (AvgIpc) is 2.59. The largest absolute Gasteiger partial charge is 0.359 e. The van der Waals surface area contributed by atoms with Crippen molar-refractivity contribution < 1.29 is 8.78 Å². The summed E-state index contributed by atoms with van der Waals surface area (Å²) >= 11 is 0. The number of hydrogen-bond acceptors (Lipinski definition) is 2. The number of aromatic nitrogens is 1. The van der Waals surface area contributed by atoms with E-state index in [0.717, 1.165) is 40.0 Å². The zero-order chi connectivity index (χ0) is 17.2. The first-order valence-corrected chi connectivity index (χ1v) is 8.42. The Kier molecular flexibility index (Phi) is 2.87. The van der Waals surface area contributed by atoms with Crippen LogP contribution in [0, 0.1) is 0 Å². The number of fused-ring (bicyclic) bond motifs is 4. The molecule has 5 rings (SSSR count). The summed E-state index contributed by atoms with van der Waals surface area (Å²) in [6.07, 6.45) is 1.49. The molecule has 2 aliphatic rings. The van der Waals surface area contributed by atoms with E-state index in [1.165, 1.54) is 0 Å². The van der Waals surface area contributed by atoms with Gasteiger partial charge in [0.25, 0.3) is 5.92 Å². The monoisotopic (exact) mass is 338 g/mol.